The van der Waals surface area contributed by atoms with E-state index < -0.39 is 0 Å². The van der Waals surface area contributed by atoms with Crippen molar-refractivity contribution in [3.63, 3.8) is 0 Å². The van der Waals surface area contributed by atoms with Gasteiger partial charge in [0.2, 0.25) is 0 Å². The predicted molar refractivity (Wildman–Crippen MR) is 60.7 cm³/mol. The molecule has 0 N–H and O–H groups in total. The molecule has 0 radical (unpaired) electrons. The van der Waals surface area contributed by atoms with E-state index in [-0.39, 0.29) is 5.91 Å². The summed E-state index contributed by atoms with van der Waals surface area (Å²) in [6, 6.07) is 9.54. The van der Waals surface area contributed by atoms with Crippen LogP contribution in [0, 0.1) is 5.92 Å². The van der Waals surface area contributed by atoms with Crippen molar-refractivity contribution in [2.45, 2.75) is 19.8 Å². The van der Waals surface area contributed by atoms with Gasteiger partial charge < -0.3 is 4.90 Å². The van der Waals surface area contributed by atoms with Crippen LogP contribution >= 0.6 is 0 Å². The summed E-state index contributed by atoms with van der Waals surface area (Å²) in [5.74, 6) is 0.933. The average Bonchev–Trinajstić information content (AvgIpc) is 3.10. The molecule has 1 aromatic rings. The number of amides is 1. The average molecular weight is 203 g/mol. The number of hydrogen-bond donors (Lipinski definition) is 0. The first-order chi connectivity index (χ1) is 7.31. The Kier molecular flexibility index (Phi) is 3.05. The van der Waals surface area contributed by atoms with Crippen LogP contribution in [0.5, 0.6) is 0 Å². The molecule has 2 rings (SSSR count). The molecule has 0 aromatic heterocycles. The summed E-state index contributed by atoms with van der Waals surface area (Å²) in [6.45, 7) is 3.79. The maximum atomic E-state index is 12.1. The molecule has 1 amide bonds. The van der Waals surface area contributed by atoms with E-state index in [2.05, 4.69) is 0 Å². The van der Waals surface area contributed by atoms with E-state index in [1.807, 2.05) is 42.2 Å². The molecule has 15 heavy (non-hydrogen) atoms. The Labute approximate surface area is 90.9 Å². The van der Waals surface area contributed by atoms with Gasteiger partial charge in [0.05, 0.1) is 0 Å². The van der Waals surface area contributed by atoms with Gasteiger partial charge in [-0.05, 0) is 37.8 Å². The minimum atomic E-state index is 0.171. The standard InChI is InChI=1S/C13H17NO/c1-2-14(10-11-8-9-11)13(15)12-6-4-3-5-7-12/h3-7,11H,2,8-10H2,1H3. The zero-order chi connectivity index (χ0) is 10.7. The summed E-state index contributed by atoms with van der Waals surface area (Å²) in [7, 11) is 0. The minimum Gasteiger partial charge on any atom is -0.339 e. The second-order valence-electron chi connectivity index (χ2n) is 4.15. The van der Waals surface area contributed by atoms with E-state index in [0.717, 1.165) is 24.6 Å². The fourth-order valence-electron chi connectivity index (χ4n) is 1.73. The lowest BCUT2D eigenvalue weighted by Gasteiger charge is -2.20. The molecule has 0 unspecified atom stereocenters. The van der Waals surface area contributed by atoms with Gasteiger partial charge in [0.25, 0.3) is 5.91 Å². The highest BCUT2D eigenvalue weighted by Gasteiger charge is 2.26. The van der Waals surface area contributed by atoms with Crippen molar-refractivity contribution in [1.82, 2.24) is 4.90 Å². The van der Waals surface area contributed by atoms with Crippen molar-refractivity contribution in [3.8, 4) is 0 Å². The van der Waals surface area contributed by atoms with Crippen molar-refractivity contribution < 1.29 is 4.79 Å². The Morgan fingerprint density at radius 2 is 2.00 bits per heavy atom. The molecule has 0 spiro atoms. The fourth-order valence-corrected chi connectivity index (χ4v) is 1.73. The highest BCUT2D eigenvalue weighted by molar-refractivity contribution is 5.94. The Hall–Kier alpha value is -1.31. The van der Waals surface area contributed by atoms with E-state index >= 15 is 0 Å². The van der Waals surface area contributed by atoms with Gasteiger partial charge in [0, 0.05) is 18.7 Å². The van der Waals surface area contributed by atoms with E-state index in [4.69, 9.17) is 0 Å². The molecule has 0 atom stereocenters. The van der Waals surface area contributed by atoms with Gasteiger partial charge in [-0.3, -0.25) is 4.79 Å². The molecular formula is C13H17NO. The number of hydrogen-bond acceptors (Lipinski definition) is 1. The van der Waals surface area contributed by atoms with E-state index in [1.54, 1.807) is 0 Å². The molecule has 0 aliphatic heterocycles. The Morgan fingerprint density at radius 1 is 1.33 bits per heavy atom. The Morgan fingerprint density at radius 3 is 2.53 bits per heavy atom. The van der Waals surface area contributed by atoms with Crippen LogP contribution in [0.3, 0.4) is 0 Å². The number of nitrogens with zero attached hydrogens (tertiary/aromatic N) is 1. The maximum absolute atomic E-state index is 12.1. The summed E-state index contributed by atoms with van der Waals surface area (Å²) in [6.07, 6.45) is 2.58. The third-order valence-electron chi connectivity index (χ3n) is 2.87. The van der Waals surface area contributed by atoms with Gasteiger partial charge in [0.15, 0.2) is 0 Å². The van der Waals surface area contributed by atoms with Crippen LogP contribution in [-0.4, -0.2) is 23.9 Å². The molecule has 1 aromatic carbocycles. The number of rotatable bonds is 4. The first-order valence-corrected chi connectivity index (χ1v) is 5.65. The molecule has 0 bridgehead atoms. The third kappa shape index (κ3) is 2.58. The number of benzene rings is 1. The summed E-state index contributed by atoms with van der Waals surface area (Å²) in [5, 5.41) is 0. The lowest BCUT2D eigenvalue weighted by atomic mass is 10.2. The zero-order valence-electron chi connectivity index (χ0n) is 9.15. The van der Waals surface area contributed by atoms with Crippen LogP contribution in [0.2, 0.25) is 0 Å². The molecule has 80 valence electrons. The van der Waals surface area contributed by atoms with Crippen LogP contribution in [-0.2, 0) is 0 Å². The molecule has 0 heterocycles. The number of carbonyl (C=O) groups is 1. The first kappa shape index (κ1) is 10.2. The van der Waals surface area contributed by atoms with E-state index in [0.29, 0.717) is 0 Å². The smallest absolute Gasteiger partial charge is 0.253 e. The topological polar surface area (TPSA) is 20.3 Å². The normalized spacial score (nSPS) is 15.0. The van der Waals surface area contributed by atoms with Gasteiger partial charge in [-0.1, -0.05) is 18.2 Å². The Bertz CT molecular complexity index is 330. The summed E-state index contributed by atoms with van der Waals surface area (Å²) in [5.41, 5.74) is 0.806. The molecular weight excluding hydrogens is 186 g/mol. The molecule has 1 aliphatic carbocycles. The van der Waals surface area contributed by atoms with E-state index in [9.17, 15) is 4.79 Å². The van der Waals surface area contributed by atoms with Crippen molar-refractivity contribution in [1.29, 1.82) is 0 Å². The second kappa shape index (κ2) is 4.47. The maximum Gasteiger partial charge on any atom is 0.253 e. The van der Waals surface area contributed by atoms with Gasteiger partial charge >= 0.3 is 0 Å². The SMILES string of the molecule is CCN(CC1CC1)C(=O)c1ccccc1. The zero-order valence-corrected chi connectivity index (χ0v) is 9.15. The second-order valence-corrected chi connectivity index (χ2v) is 4.15. The van der Waals surface area contributed by atoms with Crippen LogP contribution in [0.15, 0.2) is 30.3 Å². The van der Waals surface area contributed by atoms with Gasteiger partial charge in [0.1, 0.15) is 0 Å². The summed E-state index contributed by atoms with van der Waals surface area (Å²) in [4.78, 5) is 14.0. The van der Waals surface area contributed by atoms with Gasteiger partial charge in [-0.25, -0.2) is 0 Å². The lowest BCUT2D eigenvalue weighted by molar-refractivity contribution is 0.0757. The molecule has 1 aliphatic rings. The first-order valence-electron chi connectivity index (χ1n) is 5.65. The summed E-state index contributed by atoms with van der Waals surface area (Å²) < 4.78 is 0. The molecule has 1 saturated carbocycles. The van der Waals surface area contributed by atoms with Gasteiger partial charge in [-0.15, -0.1) is 0 Å². The van der Waals surface area contributed by atoms with Crippen LogP contribution < -0.4 is 0 Å². The van der Waals surface area contributed by atoms with Crippen molar-refractivity contribution >= 4 is 5.91 Å². The van der Waals surface area contributed by atoms with E-state index in [1.165, 1.54) is 12.8 Å². The lowest BCUT2D eigenvalue weighted by Crippen LogP contribution is -2.32. The molecule has 2 nitrogen and oxygen atoms in total. The Balaban J connectivity index is 2.03. The molecule has 1 fully saturated rings. The van der Waals surface area contributed by atoms with Crippen LogP contribution in [0.1, 0.15) is 30.1 Å². The van der Waals surface area contributed by atoms with Crippen LogP contribution in [0.25, 0.3) is 0 Å². The minimum absolute atomic E-state index is 0.171. The van der Waals surface area contributed by atoms with Crippen molar-refractivity contribution in [2.75, 3.05) is 13.1 Å². The monoisotopic (exact) mass is 203 g/mol. The highest BCUT2D eigenvalue weighted by Crippen LogP contribution is 2.30. The van der Waals surface area contributed by atoms with Crippen molar-refractivity contribution in [3.05, 3.63) is 35.9 Å². The summed E-state index contributed by atoms with van der Waals surface area (Å²) >= 11 is 0. The van der Waals surface area contributed by atoms with Gasteiger partial charge in [-0.2, -0.15) is 0 Å². The fraction of sp³-hybridized carbons (Fsp3) is 0.462. The largest absolute Gasteiger partial charge is 0.339 e. The van der Waals surface area contributed by atoms with Crippen molar-refractivity contribution in [2.24, 2.45) is 5.92 Å². The van der Waals surface area contributed by atoms with Crippen LogP contribution in [0.4, 0.5) is 0 Å². The highest BCUT2D eigenvalue weighted by atomic mass is 16.2. The third-order valence-corrected chi connectivity index (χ3v) is 2.87. The predicted octanol–water partition coefficient (Wildman–Crippen LogP) is 2.56. The number of carbonyl (C=O) groups excluding carboxylic acids is 1. The molecule has 2 heteroatoms. The quantitative estimate of drug-likeness (QED) is 0.736. The molecule has 0 saturated heterocycles.